The van der Waals surface area contributed by atoms with Crippen LogP contribution in [0, 0.1) is 6.92 Å². The molecule has 0 saturated heterocycles. The molecule has 84 valence electrons. The van der Waals surface area contributed by atoms with Gasteiger partial charge >= 0.3 is 0 Å². The second-order valence-corrected chi connectivity index (χ2v) is 4.14. The minimum Gasteiger partial charge on any atom is -0.331 e. The molecule has 0 aliphatic rings. The minimum atomic E-state index is 0.518. The average molecular weight is 236 g/mol. The Kier molecular flexibility index (Phi) is 3.27. The lowest BCUT2D eigenvalue weighted by molar-refractivity contribution is 0.761. The summed E-state index contributed by atoms with van der Waals surface area (Å²) in [4.78, 5) is 4.18. The van der Waals surface area contributed by atoms with Gasteiger partial charge in [0, 0.05) is 24.0 Å². The number of hydrogen-bond acceptors (Lipinski definition) is 2. The molecular weight excluding hydrogens is 222 g/mol. The number of hydrogen-bond donors (Lipinski definition) is 1. The molecule has 0 spiro atoms. The summed E-state index contributed by atoms with van der Waals surface area (Å²) in [6, 6.07) is 5.95. The van der Waals surface area contributed by atoms with Crippen molar-refractivity contribution in [2.24, 2.45) is 5.73 Å². The van der Waals surface area contributed by atoms with Crippen LogP contribution in [0.5, 0.6) is 0 Å². The van der Waals surface area contributed by atoms with Crippen LogP contribution in [0.15, 0.2) is 30.6 Å². The predicted molar refractivity (Wildman–Crippen MR) is 65.4 cm³/mol. The zero-order chi connectivity index (χ0) is 11.5. The summed E-state index contributed by atoms with van der Waals surface area (Å²) in [5, 5.41) is 0.760. The van der Waals surface area contributed by atoms with E-state index in [4.69, 9.17) is 17.3 Å². The third kappa shape index (κ3) is 2.26. The summed E-state index contributed by atoms with van der Waals surface area (Å²) >= 11 is 6.19. The van der Waals surface area contributed by atoms with Gasteiger partial charge in [0.25, 0.3) is 0 Å². The van der Waals surface area contributed by atoms with Crippen LogP contribution in [0.25, 0.3) is 0 Å². The molecule has 2 aromatic rings. The second-order valence-electron chi connectivity index (χ2n) is 3.73. The molecular formula is C12H14ClN3. The fourth-order valence-electron chi connectivity index (χ4n) is 1.60. The number of aromatic nitrogens is 2. The van der Waals surface area contributed by atoms with E-state index in [-0.39, 0.29) is 0 Å². The summed E-state index contributed by atoms with van der Waals surface area (Å²) in [6.45, 7) is 3.24. The highest BCUT2D eigenvalue weighted by Crippen LogP contribution is 2.19. The van der Waals surface area contributed by atoms with Crippen LogP contribution in [0.3, 0.4) is 0 Å². The van der Waals surface area contributed by atoms with Gasteiger partial charge in [-0.3, -0.25) is 0 Å². The largest absolute Gasteiger partial charge is 0.331 e. The second kappa shape index (κ2) is 4.68. The van der Waals surface area contributed by atoms with Crippen LogP contribution in [0.1, 0.15) is 17.0 Å². The summed E-state index contributed by atoms with van der Waals surface area (Å²) in [5.74, 6) is 0.985. The minimum absolute atomic E-state index is 0.518. The third-order valence-corrected chi connectivity index (χ3v) is 2.97. The Labute approximate surface area is 99.9 Å². The third-order valence-electron chi connectivity index (χ3n) is 2.62. The van der Waals surface area contributed by atoms with Crippen molar-refractivity contribution >= 4 is 11.6 Å². The van der Waals surface area contributed by atoms with Crippen LogP contribution in [0.4, 0.5) is 0 Å². The quantitative estimate of drug-likeness (QED) is 0.888. The lowest BCUT2D eigenvalue weighted by Crippen LogP contribution is -2.02. The van der Waals surface area contributed by atoms with Crippen LogP contribution in [-0.4, -0.2) is 9.55 Å². The van der Waals surface area contributed by atoms with Crippen molar-refractivity contribution in [3.8, 4) is 0 Å². The smallest absolute Gasteiger partial charge is 0.105 e. The van der Waals surface area contributed by atoms with Crippen molar-refractivity contribution in [1.82, 2.24) is 9.55 Å². The molecule has 0 amide bonds. The van der Waals surface area contributed by atoms with Crippen molar-refractivity contribution < 1.29 is 0 Å². The molecule has 2 N–H and O–H groups in total. The van der Waals surface area contributed by atoms with E-state index in [2.05, 4.69) is 9.55 Å². The highest BCUT2D eigenvalue weighted by molar-refractivity contribution is 6.31. The lowest BCUT2D eigenvalue weighted by atomic mass is 10.1. The highest BCUT2D eigenvalue weighted by atomic mass is 35.5. The van der Waals surface area contributed by atoms with Crippen LogP contribution in [0.2, 0.25) is 5.02 Å². The normalized spacial score (nSPS) is 10.7. The van der Waals surface area contributed by atoms with Gasteiger partial charge in [-0.2, -0.15) is 0 Å². The Bertz CT molecular complexity index is 491. The van der Waals surface area contributed by atoms with E-state index in [1.807, 2.05) is 31.3 Å². The van der Waals surface area contributed by atoms with E-state index in [0.29, 0.717) is 6.54 Å². The van der Waals surface area contributed by atoms with Crippen LogP contribution >= 0.6 is 11.6 Å². The Morgan fingerprint density at radius 3 is 2.81 bits per heavy atom. The first kappa shape index (κ1) is 11.2. The average Bonchev–Trinajstić information content (AvgIpc) is 2.67. The molecule has 0 aliphatic carbocycles. The number of imidazole rings is 1. The number of nitrogens with zero attached hydrogens (tertiary/aromatic N) is 2. The van der Waals surface area contributed by atoms with Crippen molar-refractivity contribution in [2.45, 2.75) is 20.0 Å². The van der Waals surface area contributed by atoms with Gasteiger partial charge in [-0.05, 0) is 24.1 Å². The fraction of sp³-hybridized carbons (Fsp3) is 0.250. The first-order valence-electron chi connectivity index (χ1n) is 5.16. The maximum absolute atomic E-state index is 6.19. The van der Waals surface area contributed by atoms with Gasteiger partial charge in [0.05, 0.1) is 6.54 Å². The van der Waals surface area contributed by atoms with E-state index < -0.39 is 0 Å². The molecule has 0 radical (unpaired) electrons. The molecule has 2 rings (SSSR count). The molecule has 0 fully saturated rings. The summed E-state index contributed by atoms with van der Waals surface area (Å²) in [5.41, 5.74) is 7.69. The first-order valence-corrected chi connectivity index (χ1v) is 5.53. The zero-order valence-corrected chi connectivity index (χ0v) is 9.91. The molecule has 4 heteroatoms. The van der Waals surface area contributed by atoms with E-state index in [9.17, 15) is 0 Å². The number of nitrogens with two attached hydrogens (primary N) is 1. The fourth-order valence-corrected chi connectivity index (χ4v) is 1.86. The molecule has 0 unspecified atom stereocenters. The summed E-state index contributed by atoms with van der Waals surface area (Å²) in [7, 11) is 0. The SMILES string of the molecule is Cc1nccn1Cc1ccc(CN)cc1Cl. The lowest BCUT2D eigenvalue weighted by Gasteiger charge is -2.08. The van der Waals surface area contributed by atoms with E-state index in [1.54, 1.807) is 6.20 Å². The summed E-state index contributed by atoms with van der Waals surface area (Å²) < 4.78 is 2.06. The van der Waals surface area contributed by atoms with Crippen LogP contribution in [-0.2, 0) is 13.1 Å². The van der Waals surface area contributed by atoms with Crippen molar-refractivity contribution in [2.75, 3.05) is 0 Å². The first-order chi connectivity index (χ1) is 7.70. The highest BCUT2D eigenvalue weighted by Gasteiger charge is 2.04. The molecule has 0 atom stereocenters. The maximum atomic E-state index is 6.19. The molecule has 16 heavy (non-hydrogen) atoms. The van der Waals surface area contributed by atoms with Crippen molar-refractivity contribution in [3.63, 3.8) is 0 Å². The van der Waals surface area contributed by atoms with Gasteiger partial charge in [0.15, 0.2) is 0 Å². The Hall–Kier alpha value is -1.32. The Morgan fingerprint density at radius 1 is 1.44 bits per heavy atom. The van der Waals surface area contributed by atoms with Gasteiger partial charge in [0.2, 0.25) is 0 Å². The maximum Gasteiger partial charge on any atom is 0.105 e. The number of benzene rings is 1. The zero-order valence-electron chi connectivity index (χ0n) is 9.15. The molecule has 0 aliphatic heterocycles. The van der Waals surface area contributed by atoms with E-state index >= 15 is 0 Å². The molecule has 1 aromatic carbocycles. The molecule has 3 nitrogen and oxygen atoms in total. The predicted octanol–water partition coefficient (Wildman–Crippen LogP) is 2.35. The Balaban J connectivity index is 2.25. The summed E-state index contributed by atoms with van der Waals surface area (Å²) in [6.07, 6.45) is 3.74. The van der Waals surface area contributed by atoms with Gasteiger partial charge < -0.3 is 10.3 Å². The standard InChI is InChI=1S/C12H14ClN3/c1-9-15-4-5-16(9)8-11-3-2-10(7-14)6-12(11)13/h2-6H,7-8,14H2,1H3. The van der Waals surface area contributed by atoms with E-state index in [1.165, 1.54) is 0 Å². The van der Waals surface area contributed by atoms with Gasteiger partial charge in [-0.15, -0.1) is 0 Å². The number of rotatable bonds is 3. The molecule has 0 bridgehead atoms. The molecule has 1 aromatic heterocycles. The molecule has 0 saturated carbocycles. The van der Waals surface area contributed by atoms with Gasteiger partial charge in [-0.1, -0.05) is 23.7 Å². The van der Waals surface area contributed by atoms with E-state index in [0.717, 1.165) is 28.5 Å². The van der Waals surface area contributed by atoms with Gasteiger partial charge in [-0.25, -0.2) is 4.98 Å². The monoisotopic (exact) mass is 235 g/mol. The topological polar surface area (TPSA) is 43.8 Å². The molecule has 1 heterocycles. The Morgan fingerprint density at radius 2 is 2.25 bits per heavy atom. The van der Waals surface area contributed by atoms with Gasteiger partial charge in [0.1, 0.15) is 5.82 Å². The van der Waals surface area contributed by atoms with Crippen molar-refractivity contribution in [1.29, 1.82) is 0 Å². The number of halogens is 1. The van der Waals surface area contributed by atoms with Crippen LogP contribution < -0.4 is 5.73 Å². The number of aryl methyl sites for hydroxylation is 1. The van der Waals surface area contributed by atoms with Crippen molar-refractivity contribution in [3.05, 3.63) is 52.6 Å².